The van der Waals surface area contributed by atoms with E-state index in [9.17, 15) is 9.00 Å². The predicted octanol–water partition coefficient (Wildman–Crippen LogP) is 2.06. The zero-order chi connectivity index (χ0) is 10.4. The Morgan fingerprint density at radius 2 is 2.20 bits per heavy atom. The second-order valence-electron chi connectivity index (χ2n) is 3.85. The van der Waals surface area contributed by atoms with Crippen molar-refractivity contribution in [2.75, 3.05) is 0 Å². The van der Waals surface area contributed by atoms with Crippen LogP contribution in [0.25, 0.3) is 0 Å². The highest BCUT2D eigenvalue weighted by molar-refractivity contribution is 7.99. The number of nitrogens with zero attached hydrogens (tertiary/aromatic N) is 1. The lowest BCUT2D eigenvalue weighted by Crippen LogP contribution is -2.01. The molecule has 0 spiro atoms. The molecule has 2 aliphatic rings. The van der Waals surface area contributed by atoms with E-state index in [1.54, 1.807) is 18.2 Å². The zero-order valence-corrected chi connectivity index (χ0v) is 8.79. The van der Waals surface area contributed by atoms with Gasteiger partial charge in [-0.05, 0) is 31.0 Å². The predicted molar refractivity (Wildman–Crippen MR) is 58.1 cm³/mol. The SMILES string of the molecule is O=C(c1ccc2c(c1)S(=O)C=N2)C1CC1. The van der Waals surface area contributed by atoms with Crippen LogP contribution in [0.4, 0.5) is 5.69 Å². The van der Waals surface area contributed by atoms with Gasteiger partial charge in [-0.15, -0.1) is 0 Å². The third-order valence-corrected chi connectivity index (χ3v) is 3.75. The van der Waals surface area contributed by atoms with Gasteiger partial charge in [-0.1, -0.05) is 0 Å². The normalized spacial score (nSPS) is 22.8. The average molecular weight is 219 g/mol. The summed E-state index contributed by atoms with van der Waals surface area (Å²) in [7, 11) is -1.16. The molecule has 0 aromatic heterocycles. The Morgan fingerprint density at radius 1 is 1.40 bits per heavy atom. The minimum atomic E-state index is -1.16. The second kappa shape index (κ2) is 3.10. The lowest BCUT2D eigenvalue weighted by molar-refractivity contribution is 0.0967. The van der Waals surface area contributed by atoms with E-state index in [0.29, 0.717) is 10.5 Å². The third-order valence-electron chi connectivity index (χ3n) is 2.70. The van der Waals surface area contributed by atoms with Crippen molar-refractivity contribution < 1.29 is 9.00 Å². The van der Waals surface area contributed by atoms with Crippen LogP contribution in [0.2, 0.25) is 0 Å². The Hall–Kier alpha value is -1.29. The minimum absolute atomic E-state index is 0.182. The number of carbonyl (C=O) groups excluding carboxylic acids is 1. The summed E-state index contributed by atoms with van der Waals surface area (Å²) in [4.78, 5) is 16.4. The molecule has 1 aliphatic heterocycles. The van der Waals surface area contributed by atoms with Gasteiger partial charge in [0.2, 0.25) is 0 Å². The number of Topliss-reactive ketones (excluding diaryl/α,β-unsaturated/α-hetero) is 1. The molecule has 1 fully saturated rings. The van der Waals surface area contributed by atoms with Crippen LogP contribution in [0.3, 0.4) is 0 Å². The smallest absolute Gasteiger partial charge is 0.165 e. The van der Waals surface area contributed by atoms with Gasteiger partial charge in [0.1, 0.15) is 0 Å². The fourth-order valence-electron chi connectivity index (χ4n) is 1.68. The Morgan fingerprint density at radius 3 is 2.93 bits per heavy atom. The molecule has 1 unspecified atom stereocenters. The van der Waals surface area contributed by atoms with Crippen molar-refractivity contribution in [2.24, 2.45) is 10.9 Å². The molecule has 0 radical (unpaired) electrons. The highest BCUT2D eigenvalue weighted by atomic mass is 32.2. The van der Waals surface area contributed by atoms with E-state index in [0.717, 1.165) is 18.5 Å². The van der Waals surface area contributed by atoms with Crippen LogP contribution >= 0.6 is 0 Å². The molecular weight excluding hydrogens is 210 g/mol. The maximum absolute atomic E-state index is 11.8. The molecule has 1 atom stereocenters. The molecule has 15 heavy (non-hydrogen) atoms. The molecule has 0 saturated heterocycles. The Balaban J connectivity index is 2.02. The first-order chi connectivity index (χ1) is 7.25. The van der Waals surface area contributed by atoms with Crippen LogP contribution in [0.15, 0.2) is 28.1 Å². The van der Waals surface area contributed by atoms with Gasteiger partial charge < -0.3 is 0 Å². The van der Waals surface area contributed by atoms with E-state index in [-0.39, 0.29) is 11.7 Å². The first kappa shape index (κ1) is 8.97. The van der Waals surface area contributed by atoms with E-state index >= 15 is 0 Å². The summed E-state index contributed by atoms with van der Waals surface area (Å²) in [6, 6.07) is 5.27. The lowest BCUT2D eigenvalue weighted by Gasteiger charge is -2.01. The number of fused-ring (bicyclic) bond motifs is 1. The topological polar surface area (TPSA) is 46.5 Å². The maximum Gasteiger partial charge on any atom is 0.165 e. The maximum atomic E-state index is 11.8. The fraction of sp³-hybridized carbons (Fsp3) is 0.273. The van der Waals surface area contributed by atoms with Gasteiger partial charge in [-0.3, -0.25) is 4.79 Å². The number of hydrogen-bond acceptors (Lipinski definition) is 3. The summed E-state index contributed by atoms with van der Waals surface area (Å²) in [5, 5.41) is 0. The van der Waals surface area contributed by atoms with Crippen molar-refractivity contribution in [3.8, 4) is 0 Å². The summed E-state index contributed by atoms with van der Waals surface area (Å²) in [5.41, 5.74) is 2.81. The summed E-state index contributed by atoms with van der Waals surface area (Å²) in [5.74, 6) is 0.389. The standard InChI is InChI=1S/C11H9NO2S/c13-11(7-1-2-7)8-3-4-9-10(5-8)15(14)6-12-9/h3-7H,1-2H2. The van der Waals surface area contributed by atoms with Gasteiger partial charge >= 0.3 is 0 Å². The molecule has 3 nitrogen and oxygen atoms in total. The Labute approximate surface area is 89.7 Å². The molecule has 4 heteroatoms. The Bertz CT molecular complexity index is 503. The van der Waals surface area contributed by atoms with Crippen molar-refractivity contribution >= 4 is 27.8 Å². The molecule has 1 heterocycles. The molecular formula is C11H9NO2S. The van der Waals surface area contributed by atoms with Crippen LogP contribution in [-0.4, -0.2) is 15.5 Å². The molecule has 0 bridgehead atoms. The molecule has 1 saturated carbocycles. The molecule has 0 N–H and O–H groups in total. The van der Waals surface area contributed by atoms with Crippen molar-refractivity contribution in [3.63, 3.8) is 0 Å². The first-order valence-electron chi connectivity index (χ1n) is 4.89. The van der Waals surface area contributed by atoms with Crippen LogP contribution in [-0.2, 0) is 10.8 Å². The van der Waals surface area contributed by atoms with E-state index in [2.05, 4.69) is 4.99 Å². The van der Waals surface area contributed by atoms with Crippen LogP contribution < -0.4 is 0 Å². The number of ketones is 1. The highest BCUT2D eigenvalue weighted by Crippen LogP contribution is 2.35. The van der Waals surface area contributed by atoms with Gasteiger partial charge in [0.15, 0.2) is 5.78 Å². The highest BCUT2D eigenvalue weighted by Gasteiger charge is 2.31. The largest absolute Gasteiger partial charge is 0.294 e. The average Bonchev–Trinajstić information content (AvgIpc) is 3.04. The van der Waals surface area contributed by atoms with E-state index in [4.69, 9.17) is 0 Å². The molecule has 1 aromatic rings. The Kier molecular flexibility index (Phi) is 1.85. The number of aliphatic imine (C=N–C) groups is 1. The number of rotatable bonds is 2. The van der Waals surface area contributed by atoms with Crippen molar-refractivity contribution in [1.29, 1.82) is 0 Å². The van der Waals surface area contributed by atoms with Crippen molar-refractivity contribution in [1.82, 2.24) is 0 Å². The van der Waals surface area contributed by atoms with Gasteiger partial charge in [0, 0.05) is 11.5 Å². The van der Waals surface area contributed by atoms with Crippen molar-refractivity contribution in [3.05, 3.63) is 23.8 Å². The number of carbonyl (C=O) groups is 1. The second-order valence-corrected chi connectivity index (χ2v) is 5.10. The summed E-state index contributed by atoms with van der Waals surface area (Å²) in [6.07, 6.45) is 1.99. The van der Waals surface area contributed by atoms with E-state index in [1.807, 2.05) is 0 Å². The molecule has 1 aliphatic carbocycles. The van der Waals surface area contributed by atoms with Gasteiger partial charge in [-0.25, -0.2) is 9.20 Å². The zero-order valence-electron chi connectivity index (χ0n) is 7.97. The van der Waals surface area contributed by atoms with E-state index < -0.39 is 10.8 Å². The van der Waals surface area contributed by atoms with Crippen molar-refractivity contribution in [2.45, 2.75) is 17.7 Å². The third kappa shape index (κ3) is 1.45. The van der Waals surface area contributed by atoms with E-state index in [1.165, 1.54) is 5.55 Å². The fourth-order valence-corrected chi connectivity index (χ4v) is 2.57. The van der Waals surface area contributed by atoms with Crippen LogP contribution in [0.5, 0.6) is 0 Å². The lowest BCUT2D eigenvalue weighted by atomic mass is 10.1. The van der Waals surface area contributed by atoms with Gasteiger partial charge in [0.05, 0.1) is 26.9 Å². The summed E-state index contributed by atoms with van der Waals surface area (Å²) >= 11 is 0. The molecule has 76 valence electrons. The molecule has 3 rings (SSSR count). The first-order valence-corrected chi connectivity index (χ1v) is 6.10. The summed E-state index contributed by atoms with van der Waals surface area (Å²) in [6.45, 7) is 0. The molecule has 1 aromatic carbocycles. The van der Waals surface area contributed by atoms with Gasteiger partial charge in [0.25, 0.3) is 0 Å². The monoisotopic (exact) mass is 219 g/mol. The minimum Gasteiger partial charge on any atom is -0.294 e. The number of benzene rings is 1. The quantitative estimate of drug-likeness (QED) is 0.715. The number of hydrogen-bond donors (Lipinski definition) is 0. The summed E-state index contributed by atoms with van der Waals surface area (Å²) < 4.78 is 11.5. The van der Waals surface area contributed by atoms with Crippen LogP contribution in [0.1, 0.15) is 23.2 Å². The molecule has 0 amide bonds. The van der Waals surface area contributed by atoms with Gasteiger partial charge in [-0.2, -0.15) is 0 Å². The van der Waals surface area contributed by atoms with Crippen LogP contribution in [0, 0.1) is 5.92 Å².